The van der Waals surface area contributed by atoms with Crippen LogP contribution in [0.1, 0.15) is 29.9 Å². The second kappa shape index (κ2) is 10.9. The average molecular weight is 431 g/mol. The highest BCUT2D eigenvalue weighted by molar-refractivity contribution is 5.99. The number of aromatic nitrogens is 1. The summed E-state index contributed by atoms with van der Waals surface area (Å²) in [7, 11) is 1.60. The Morgan fingerprint density at radius 3 is 2.22 bits per heavy atom. The van der Waals surface area contributed by atoms with Gasteiger partial charge in [0.15, 0.2) is 5.69 Å². The van der Waals surface area contributed by atoms with Gasteiger partial charge in [-0.15, -0.1) is 0 Å². The Labute approximate surface area is 187 Å². The van der Waals surface area contributed by atoms with Crippen LogP contribution in [-0.2, 0) is 14.3 Å². The smallest absolute Gasteiger partial charge is 0.357 e. The minimum atomic E-state index is -0.566. The zero-order valence-electron chi connectivity index (χ0n) is 18.3. The number of carbonyl (C=O) groups is 2. The molecule has 0 aliphatic carbocycles. The van der Waals surface area contributed by atoms with E-state index in [9.17, 15) is 9.59 Å². The van der Waals surface area contributed by atoms with Crippen molar-refractivity contribution in [1.82, 2.24) is 4.98 Å². The van der Waals surface area contributed by atoms with E-state index in [0.29, 0.717) is 11.3 Å². The van der Waals surface area contributed by atoms with Gasteiger partial charge in [0, 0.05) is 17.2 Å². The topological polar surface area (TPSA) is 74.7 Å². The van der Waals surface area contributed by atoms with Crippen LogP contribution < -0.4 is 4.74 Å². The highest BCUT2D eigenvalue weighted by Gasteiger charge is 2.20. The van der Waals surface area contributed by atoms with Crippen LogP contribution >= 0.6 is 0 Å². The summed E-state index contributed by atoms with van der Waals surface area (Å²) in [6.45, 7) is 3.93. The molecule has 0 fully saturated rings. The third kappa shape index (κ3) is 5.40. The summed E-state index contributed by atoms with van der Waals surface area (Å²) in [6.07, 6.45) is 2.85. The molecule has 0 aliphatic heterocycles. The summed E-state index contributed by atoms with van der Waals surface area (Å²) in [6, 6.07) is 18.9. The van der Waals surface area contributed by atoms with Gasteiger partial charge in [0.2, 0.25) is 0 Å². The second-order valence-corrected chi connectivity index (χ2v) is 6.72. The molecule has 0 aliphatic rings. The minimum Gasteiger partial charge on any atom is -0.497 e. The number of hydrogen-bond acceptors (Lipinski definition) is 6. The lowest BCUT2D eigenvalue weighted by atomic mass is 9.95. The first-order chi connectivity index (χ1) is 15.6. The van der Waals surface area contributed by atoms with E-state index < -0.39 is 11.9 Å². The molecule has 0 bridgehead atoms. The van der Waals surface area contributed by atoms with Gasteiger partial charge in [-0.3, -0.25) is 0 Å². The van der Waals surface area contributed by atoms with E-state index >= 15 is 0 Å². The molecular weight excluding hydrogens is 406 g/mol. The van der Waals surface area contributed by atoms with Crippen molar-refractivity contribution < 1.29 is 23.8 Å². The summed E-state index contributed by atoms with van der Waals surface area (Å²) in [4.78, 5) is 29.4. The number of esters is 2. The highest BCUT2D eigenvalue weighted by Crippen LogP contribution is 2.32. The van der Waals surface area contributed by atoms with Crippen LogP contribution in [0.15, 0.2) is 66.7 Å². The lowest BCUT2D eigenvalue weighted by molar-refractivity contribution is -0.137. The van der Waals surface area contributed by atoms with Crippen molar-refractivity contribution >= 4 is 18.0 Å². The molecule has 0 amide bonds. The molecule has 0 atom stereocenters. The zero-order chi connectivity index (χ0) is 22.9. The number of pyridine rings is 1. The van der Waals surface area contributed by atoms with Crippen molar-refractivity contribution in [1.29, 1.82) is 0 Å². The van der Waals surface area contributed by atoms with Crippen molar-refractivity contribution in [3.63, 3.8) is 0 Å². The third-order valence-electron chi connectivity index (χ3n) is 4.67. The van der Waals surface area contributed by atoms with Crippen LogP contribution in [0.2, 0.25) is 0 Å². The molecule has 164 valence electrons. The fraction of sp³-hybridized carbons (Fsp3) is 0.192. The first kappa shape index (κ1) is 22.7. The normalized spacial score (nSPS) is 10.7. The van der Waals surface area contributed by atoms with Crippen molar-refractivity contribution in [3.8, 4) is 28.1 Å². The Morgan fingerprint density at radius 1 is 0.906 bits per heavy atom. The fourth-order valence-electron chi connectivity index (χ4n) is 3.19. The summed E-state index contributed by atoms with van der Waals surface area (Å²) < 4.78 is 15.5. The number of nitrogens with zero attached hydrogens (tertiary/aromatic N) is 1. The molecule has 0 radical (unpaired) electrons. The Morgan fingerprint density at radius 2 is 1.59 bits per heavy atom. The van der Waals surface area contributed by atoms with Gasteiger partial charge >= 0.3 is 11.9 Å². The molecule has 3 rings (SSSR count). The molecule has 32 heavy (non-hydrogen) atoms. The van der Waals surface area contributed by atoms with Gasteiger partial charge in [-0.05, 0) is 61.4 Å². The van der Waals surface area contributed by atoms with E-state index in [-0.39, 0.29) is 18.9 Å². The Balaban J connectivity index is 2.24. The quantitative estimate of drug-likeness (QED) is 0.362. The molecule has 0 N–H and O–H groups in total. The maximum absolute atomic E-state index is 12.8. The molecule has 0 unspecified atom stereocenters. The molecule has 1 aromatic heterocycles. The molecule has 6 heteroatoms. The van der Waals surface area contributed by atoms with Crippen LogP contribution in [0.4, 0.5) is 0 Å². The molecule has 0 saturated heterocycles. The molecule has 3 aromatic rings. The van der Waals surface area contributed by atoms with Crippen LogP contribution in [-0.4, -0.2) is 37.2 Å². The molecule has 1 heterocycles. The van der Waals surface area contributed by atoms with Gasteiger partial charge in [-0.2, -0.15) is 0 Å². The van der Waals surface area contributed by atoms with Crippen molar-refractivity contribution in [2.24, 2.45) is 0 Å². The van der Waals surface area contributed by atoms with Crippen molar-refractivity contribution in [2.45, 2.75) is 13.8 Å². The first-order valence-electron chi connectivity index (χ1n) is 10.3. The third-order valence-corrected chi connectivity index (χ3v) is 4.67. The Hall–Kier alpha value is -3.93. The standard InChI is InChI=1S/C26H25NO5/c1-4-31-24(28)16-15-21-22(18-9-7-6-8-10-18)17-23(27-25(21)26(29)32-5-2)19-11-13-20(30-3)14-12-19/h6-17H,4-5H2,1-3H3/b16-15+. The van der Waals surface area contributed by atoms with Crippen LogP contribution in [0, 0.1) is 0 Å². The predicted molar refractivity (Wildman–Crippen MR) is 123 cm³/mol. The second-order valence-electron chi connectivity index (χ2n) is 6.72. The molecule has 2 aromatic carbocycles. The van der Waals surface area contributed by atoms with Gasteiger partial charge in [0.05, 0.1) is 26.0 Å². The highest BCUT2D eigenvalue weighted by atomic mass is 16.5. The van der Waals surface area contributed by atoms with E-state index in [2.05, 4.69) is 4.98 Å². The lowest BCUT2D eigenvalue weighted by Gasteiger charge is -2.14. The first-order valence-corrected chi connectivity index (χ1v) is 10.3. The summed E-state index contributed by atoms with van der Waals surface area (Å²) in [5.74, 6) is -0.347. The van der Waals surface area contributed by atoms with Crippen molar-refractivity contribution in [2.75, 3.05) is 20.3 Å². The van der Waals surface area contributed by atoms with Crippen LogP contribution in [0.3, 0.4) is 0 Å². The number of ether oxygens (including phenoxy) is 3. The summed E-state index contributed by atoms with van der Waals surface area (Å²) in [5.41, 5.74) is 3.64. The van der Waals surface area contributed by atoms with Crippen molar-refractivity contribution in [3.05, 3.63) is 78.0 Å². The molecule has 0 saturated carbocycles. The fourth-order valence-corrected chi connectivity index (χ4v) is 3.19. The predicted octanol–water partition coefficient (Wildman–Crippen LogP) is 5.18. The molecule has 6 nitrogen and oxygen atoms in total. The molecular formula is C26H25NO5. The van der Waals surface area contributed by atoms with E-state index in [0.717, 1.165) is 22.4 Å². The SMILES string of the molecule is CCOC(=O)/C=C/c1c(-c2ccccc2)cc(-c2ccc(OC)cc2)nc1C(=O)OCC. The van der Waals surface area contributed by atoms with Gasteiger partial charge in [0.25, 0.3) is 0 Å². The lowest BCUT2D eigenvalue weighted by Crippen LogP contribution is -2.11. The van der Waals surface area contributed by atoms with Gasteiger partial charge in [-0.1, -0.05) is 30.3 Å². The number of carbonyl (C=O) groups excluding carboxylic acids is 2. The Bertz CT molecular complexity index is 1110. The summed E-state index contributed by atoms with van der Waals surface area (Å²) in [5, 5.41) is 0. The van der Waals surface area contributed by atoms with E-state index in [1.165, 1.54) is 6.08 Å². The Kier molecular flexibility index (Phi) is 7.75. The number of rotatable bonds is 8. The zero-order valence-corrected chi connectivity index (χ0v) is 18.3. The number of benzene rings is 2. The monoisotopic (exact) mass is 431 g/mol. The minimum absolute atomic E-state index is 0.125. The van der Waals surface area contributed by atoms with E-state index in [4.69, 9.17) is 14.2 Å². The largest absolute Gasteiger partial charge is 0.497 e. The maximum Gasteiger partial charge on any atom is 0.357 e. The number of methoxy groups -OCH3 is 1. The van der Waals surface area contributed by atoms with E-state index in [1.807, 2.05) is 60.7 Å². The average Bonchev–Trinajstić information content (AvgIpc) is 2.83. The van der Waals surface area contributed by atoms with Gasteiger partial charge in [0.1, 0.15) is 5.75 Å². The number of hydrogen-bond donors (Lipinski definition) is 0. The molecule has 0 spiro atoms. The van der Waals surface area contributed by atoms with Crippen LogP contribution in [0.25, 0.3) is 28.5 Å². The van der Waals surface area contributed by atoms with E-state index in [1.54, 1.807) is 27.0 Å². The van der Waals surface area contributed by atoms with Gasteiger partial charge in [-0.25, -0.2) is 14.6 Å². The maximum atomic E-state index is 12.8. The van der Waals surface area contributed by atoms with Crippen LogP contribution in [0.5, 0.6) is 5.75 Å². The van der Waals surface area contributed by atoms with Gasteiger partial charge < -0.3 is 14.2 Å². The summed E-state index contributed by atoms with van der Waals surface area (Å²) >= 11 is 0.